The lowest BCUT2D eigenvalue weighted by Gasteiger charge is -1.99. The number of aliphatic carboxylic acids is 1. The molecule has 0 aliphatic heterocycles. The average molecular weight is 199 g/mol. The van der Waals surface area contributed by atoms with Crippen LogP contribution in [-0.2, 0) is 11.3 Å². The highest BCUT2D eigenvalue weighted by molar-refractivity contribution is 5.66. The van der Waals surface area contributed by atoms with Crippen molar-refractivity contribution in [3.63, 3.8) is 0 Å². The van der Waals surface area contributed by atoms with Crippen molar-refractivity contribution >= 4 is 11.9 Å². The molecule has 1 rings (SSSR count). The zero-order valence-corrected chi connectivity index (χ0v) is 7.29. The van der Waals surface area contributed by atoms with Crippen molar-refractivity contribution in [2.45, 2.75) is 19.4 Å². The van der Waals surface area contributed by atoms with Gasteiger partial charge in [0, 0.05) is 6.42 Å². The Morgan fingerprint density at radius 1 is 1.71 bits per heavy atom. The van der Waals surface area contributed by atoms with Crippen LogP contribution in [0, 0.1) is 10.1 Å². The molecule has 0 radical (unpaired) electrons. The summed E-state index contributed by atoms with van der Waals surface area (Å²) in [6.07, 6.45) is 3.13. The number of nitrogens with zero attached hydrogens (tertiary/aromatic N) is 3. The van der Waals surface area contributed by atoms with E-state index in [-0.39, 0.29) is 12.4 Å². The van der Waals surface area contributed by atoms with Crippen molar-refractivity contribution in [1.29, 1.82) is 0 Å². The highest BCUT2D eigenvalue weighted by Gasteiger charge is 2.13. The Morgan fingerprint density at radius 2 is 2.43 bits per heavy atom. The lowest BCUT2D eigenvalue weighted by atomic mass is 10.3. The van der Waals surface area contributed by atoms with E-state index in [1.165, 1.54) is 17.0 Å². The van der Waals surface area contributed by atoms with Gasteiger partial charge >= 0.3 is 11.9 Å². The summed E-state index contributed by atoms with van der Waals surface area (Å²) in [6, 6.07) is 0. The minimum absolute atomic E-state index is 0.00463. The molecule has 0 saturated carbocycles. The summed E-state index contributed by atoms with van der Waals surface area (Å²) in [5.41, 5.74) is 0. The summed E-state index contributed by atoms with van der Waals surface area (Å²) in [5, 5.41) is 18.7. The Hall–Kier alpha value is -1.92. The lowest BCUT2D eigenvalue weighted by molar-refractivity contribution is -0.396. The molecule has 14 heavy (non-hydrogen) atoms. The number of carbonyl (C=O) groups is 1. The predicted molar refractivity (Wildman–Crippen MR) is 45.8 cm³/mol. The van der Waals surface area contributed by atoms with Gasteiger partial charge in [0.1, 0.15) is 12.4 Å². The zero-order valence-electron chi connectivity index (χ0n) is 7.29. The van der Waals surface area contributed by atoms with Crippen LogP contribution >= 0.6 is 0 Å². The Kier molecular flexibility index (Phi) is 3.16. The molecular formula is C7H9N3O4. The second kappa shape index (κ2) is 4.35. The second-order valence-corrected chi connectivity index (χ2v) is 2.68. The van der Waals surface area contributed by atoms with Gasteiger partial charge in [0.25, 0.3) is 0 Å². The summed E-state index contributed by atoms with van der Waals surface area (Å²) in [7, 11) is 0. The number of nitro groups is 1. The van der Waals surface area contributed by atoms with Gasteiger partial charge in [0.2, 0.25) is 0 Å². The molecule has 0 fully saturated rings. The fourth-order valence-corrected chi connectivity index (χ4v) is 1.05. The van der Waals surface area contributed by atoms with E-state index in [1.807, 2.05) is 0 Å². The maximum atomic E-state index is 10.4. The van der Waals surface area contributed by atoms with E-state index < -0.39 is 10.9 Å². The Morgan fingerprint density at radius 3 is 3.00 bits per heavy atom. The number of aryl methyl sites for hydroxylation is 1. The zero-order chi connectivity index (χ0) is 10.6. The summed E-state index contributed by atoms with van der Waals surface area (Å²) < 4.78 is 1.32. The summed E-state index contributed by atoms with van der Waals surface area (Å²) in [5.74, 6) is -1.16. The van der Waals surface area contributed by atoms with E-state index in [2.05, 4.69) is 4.98 Å². The van der Waals surface area contributed by atoms with Gasteiger partial charge in [-0.05, 0) is 11.3 Å². The average Bonchev–Trinajstić information content (AvgIpc) is 2.51. The molecule has 0 aromatic carbocycles. The van der Waals surface area contributed by atoms with E-state index in [4.69, 9.17) is 5.11 Å². The first-order chi connectivity index (χ1) is 6.61. The molecule has 7 nitrogen and oxygen atoms in total. The molecule has 0 amide bonds. The van der Waals surface area contributed by atoms with E-state index in [0.717, 1.165) is 0 Å². The van der Waals surface area contributed by atoms with Crippen LogP contribution in [0.4, 0.5) is 5.95 Å². The standard InChI is InChI=1S/C7H9N3O4/c11-6(12)2-1-4-9-5-3-8-7(9)10(13)14/h3,5H,1-2,4H2,(H,11,12). The fourth-order valence-electron chi connectivity index (χ4n) is 1.05. The van der Waals surface area contributed by atoms with Crippen LogP contribution in [0.2, 0.25) is 0 Å². The van der Waals surface area contributed by atoms with Crippen LogP contribution in [0.1, 0.15) is 12.8 Å². The van der Waals surface area contributed by atoms with Crippen molar-refractivity contribution in [2.75, 3.05) is 0 Å². The summed E-state index contributed by atoms with van der Waals surface area (Å²) in [6.45, 7) is 0.294. The first-order valence-electron chi connectivity index (χ1n) is 3.98. The number of hydrogen-bond donors (Lipinski definition) is 1. The molecule has 1 heterocycles. The van der Waals surface area contributed by atoms with Gasteiger partial charge in [-0.2, -0.15) is 0 Å². The molecule has 0 spiro atoms. The van der Waals surface area contributed by atoms with Gasteiger partial charge in [-0.1, -0.05) is 4.98 Å². The maximum Gasteiger partial charge on any atom is 0.434 e. The van der Waals surface area contributed by atoms with Crippen LogP contribution in [0.5, 0.6) is 0 Å². The molecule has 76 valence electrons. The molecule has 0 unspecified atom stereocenters. The normalized spacial score (nSPS) is 10.0. The highest BCUT2D eigenvalue weighted by Crippen LogP contribution is 2.08. The van der Waals surface area contributed by atoms with Crippen LogP contribution in [-0.4, -0.2) is 25.6 Å². The van der Waals surface area contributed by atoms with Gasteiger partial charge in [0.05, 0.1) is 6.54 Å². The molecule has 0 aliphatic rings. The maximum absolute atomic E-state index is 10.4. The molecule has 0 atom stereocenters. The first-order valence-corrected chi connectivity index (χ1v) is 3.98. The summed E-state index contributed by atoms with van der Waals surface area (Å²) >= 11 is 0. The Balaban J connectivity index is 2.54. The molecule has 1 aromatic rings. The van der Waals surface area contributed by atoms with Crippen LogP contribution in [0.3, 0.4) is 0 Å². The van der Waals surface area contributed by atoms with Crippen LogP contribution < -0.4 is 0 Å². The smallest absolute Gasteiger partial charge is 0.434 e. The first kappa shape index (κ1) is 10.2. The molecule has 1 N–H and O–H groups in total. The minimum Gasteiger partial charge on any atom is -0.481 e. The SMILES string of the molecule is O=C(O)CCCn1ccnc1[N+](=O)[O-]. The van der Waals surface area contributed by atoms with E-state index >= 15 is 0 Å². The van der Waals surface area contributed by atoms with Crippen molar-refractivity contribution in [3.8, 4) is 0 Å². The molecule has 0 aliphatic carbocycles. The fraction of sp³-hybridized carbons (Fsp3) is 0.429. The monoisotopic (exact) mass is 199 g/mol. The third-order valence-corrected chi connectivity index (χ3v) is 1.65. The topological polar surface area (TPSA) is 98.3 Å². The largest absolute Gasteiger partial charge is 0.481 e. The number of carboxylic acid groups (broad SMARTS) is 1. The van der Waals surface area contributed by atoms with E-state index in [1.54, 1.807) is 0 Å². The van der Waals surface area contributed by atoms with Crippen molar-refractivity contribution in [2.24, 2.45) is 0 Å². The number of aromatic nitrogens is 2. The third kappa shape index (κ3) is 2.54. The quantitative estimate of drug-likeness (QED) is 0.554. The van der Waals surface area contributed by atoms with Gasteiger partial charge < -0.3 is 15.2 Å². The van der Waals surface area contributed by atoms with Gasteiger partial charge in [-0.25, -0.2) is 4.57 Å². The van der Waals surface area contributed by atoms with Crippen molar-refractivity contribution < 1.29 is 14.8 Å². The second-order valence-electron chi connectivity index (χ2n) is 2.68. The summed E-state index contributed by atoms with van der Waals surface area (Å²) in [4.78, 5) is 23.5. The van der Waals surface area contributed by atoms with Crippen LogP contribution in [0.25, 0.3) is 0 Å². The van der Waals surface area contributed by atoms with E-state index in [9.17, 15) is 14.9 Å². The number of hydrogen-bond acceptors (Lipinski definition) is 4. The number of rotatable bonds is 5. The third-order valence-electron chi connectivity index (χ3n) is 1.65. The lowest BCUT2D eigenvalue weighted by Crippen LogP contribution is -2.05. The van der Waals surface area contributed by atoms with E-state index in [0.29, 0.717) is 13.0 Å². The van der Waals surface area contributed by atoms with Crippen molar-refractivity contribution in [1.82, 2.24) is 9.55 Å². The predicted octanol–water partition coefficient (Wildman–Crippen LogP) is 0.656. The van der Waals surface area contributed by atoms with Crippen molar-refractivity contribution in [3.05, 3.63) is 22.5 Å². The van der Waals surface area contributed by atoms with Gasteiger partial charge in [0.15, 0.2) is 0 Å². The minimum atomic E-state index is -0.909. The molecule has 7 heteroatoms. The Labute approximate surface area is 79.1 Å². The highest BCUT2D eigenvalue weighted by atomic mass is 16.6. The molecular weight excluding hydrogens is 190 g/mol. The Bertz CT molecular complexity index is 346. The number of carboxylic acids is 1. The van der Waals surface area contributed by atoms with Gasteiger partial charge in [-0.3, -0.25) is 4.79 Å². The number of imidazole rings is 1. The van der Waals surface area contributed by atoms with Crippen LogP contribution in [0.15, 0.2) is 12.4 Å². The molecule has 0 bridgehead atoms. The molecule has 1 aromatic heterocycles. The molecule has 0 saturated heterocycles. The van der Waals surface area contributed by atoms with Gasteiger partial charge in [-0.15, -0.1) is 0 Å².